The van der Waals surface area contributed by atoms with Crippen LogP contribution in [0.2, 0.25) is 0 Å². The minimum Gasteiger partial charge on any atom is -0.444 e. The van der Waals surface area contributed by atoms with Gasteiger partial charge in [0.05, 0.1) is 12.1 Å². The van der Waals surface area contributed by atoms with E-state index in [0.29, 0.717) is 31.6 Å². The number of anilines is 1. The molecule has 1 N–H and O–H groups in total. The number of likely N-dealkylation sites (N-methyl/N-ethyl adjacent to an activating group) is 1. The molecule has 2 amide bonds. The summed E-state index contributed by atoms with van der Waals surface area (Å²) in [6, 6.07) is 4.48. The van der Waals surface area contributed by atoms with E-state index >= 15 is 0 Å². The lowest BCUT2D eigenvalue weighted by Gasteiger charge is -2.37. The molecule has 1 aromatic rings. The molecular formula is C20H28F3N3O3. The zero-order chi connectivity index (χ0) is 21.8. The first-order chi connectivity index (χ1) is 13.3. The Labute approximate surface area is 169 Å². The number of rotatable bonds is 4. The number of hydrogen-bond donors (Lipinski definition) is 1. The van der Waals surface area contributed by atoms with Crippen molar-refractivity contribution in [3.05, 3.63) is 29.8 Å². The number of ether oxygens (including phenoxy) is 1. The maximum Gasteiger partial charge on any atom is 0.416 e. The lowest BCUT2D eigenvalue weighted by molar-refractivity contribution is -0.137. The van der Waals surface area contributed by atoms with Crippen molar-refractivity contribution < 1.29 is 27.5 Å². The summed E-state index contributed by atoms with van der Waals surface area (Å²) in [5, 5.41) is 2.61. The van der Waals surface area contributed by atoms with Crippen molar-refractivity contribution in [2.75, 3.05) is 32.0 Å². The Kier molecular flexibility index (Phi) is 7.15. The van der Waals surface area contributed by atoms with Crippen molar-refractivity contribution in [2.45, 2.75) is 51.4 Å². The van der Waals surface area contributed by atoms with Crippen molar-refractivity contribution in [3.8, 4) is 0 Å². The highest BCUT2D eigenvalue weighted by molar-refractivity contribution is 5.92. The molecule has 0 saturated carbocycles. The lowest BCUT2D eigenvalue weighted by Crippen LogP contribution is -2.48. The monoisotopic (exact) mass is 415 g/mol. The highest BCUT2D eigenvalue weighted by Gasteiger charge is 2.30. The molecule has 1 aliphatic rings. The molecule has 1 aliphatic heterocycles. The van der Waals surface area contributed by atoms with Crippen molar-refractivity contribution in [1.82, 2.24) is 9.80 Å². The first-order valence-electron chi connectivity index (χ1n) is 9.50. The number of piperidine rings is 1. The number of carbonyl (C=O) groups is 2. The van der Waals surface area contributed by atoms with Crippen molar-refractivity contribution in [1.29, 1.82) is 0 Å². The Hall–Kier alpha value is -2.29. The number of likely N-dealkylation sites (tertiary alicyclic amines) is 1. The molecule has 1 heterocycles. The van der Waals surface area contributed by atoms with Crippen LogP contribution in [-0.4, -0.2) is 60.1 Å². The van der Waals surface area contributed by atoms with E-state index in [2.05, 4.69) is 5.32 Å². The quantitative estimate of drug-likeness (QED) is 0.808. The Morgan fingerprint density at radius 2 is 1.69 bits per heavy atom. The summed E-state index contributed by atoms with van der Waals surface area (Å²) >= 11 is 0. The smallest absolute Gasteiger partial charge is 0.416 e. The summed E-state index contributed by atoms with van der Waals surface area (Å²) in [5.41, 5.74) is -0.985. The molecule has 1 fully saturated rings. The van der Waals surface area contributed by atoms with E-state index in [1.54, 1.807) is 4.90 Å². The third-order valence-electron chi connectivity index (χ3n) is 4.63. The van der Waals surface area contributed by atoms with Gasteiger partial charge in [0, 0.05) is 24.8 Å². The van der Waals surface area contributed by atoms with E-state index < -0.39 is 17.3 Å². The summed E-state index contributed by atoms with van der Waals surface area (Å²) in [7, 11) is 1.82. The standard InChI is InChI=1S/C20H28F3N3O3/c1-19(2,3)29-18(28)26-11-9-16(10-12-26)25(4)13-17(27)24-15-7-5-14(6-8-15)20(21,22)23/h5-8,16H,9-13H2,1-4H3,(H,24,27). The van der Waals surface area contributed by atoms with Crippen LogP contribution in [0.3, 0.4) is 0 Å². The second-order valence-electron chi connectivity index (χ2n) is 8.24. The van der Waals surface area contributed by atoms with E-state index in [4.69, 9.17) is 4.74 Å². The van der Waals surface area contributed by atoms with Gasteiger partial charge in [0.25, 0.3) is 0 Å². The van der Waals surface area contributed by atoms with Crippen LogP contribution < -0.4 is 5.32 Å². The number of halogens is 3. The summed E-state index contributed by atoms with van der Waals surface area (Å²) in [5.74, 6) is -0.304. The van der Waals surface area contributed by atoms with Gasteiger partial charge in [0.2, 0.25) is 5.91 Å². The largest absolute Gasteiger partial charge is 0.444 e. The van der Waals surface area contributed by atoms with Crippen LogP contribution in [0.25, 0.3) is 0 Å². The molecule has 0 spiro atoms. The first-order valence-corrected chi connectivity index (χ1v) is 9.50. The molecule has 1 saturated heterocycles. The predicted octanol–water partition coefficient (Wildman–Crippen LogP) is 3.98. The third kappa shape index (κ3) is 7.23. The molecule has 29 heavy (non-hydrogen) atoms. The fourth-order valence-electron chi connectivity index (χ4n) is 3.11. The van der Waals surface area contributed by atoms with Crippen molar-refractivity contribution in [2.24, 2.45) is 0 Å². The second kappa shape index (κ2) is 9.02. The first kappa shape index (κ1) is 23.0. The van der Waals surface area contributed by atoms with Gasteiger partial charge in [-0.2, -0.15) is 13.2 Å². The normalized spacial score (nSPS) is 16.1. The number of carbonyl (C=O) groups excluding carboxylic acids is 2. The van der Waals surface area contributed by atoms with E-state index in [1.807, 2.05) is 32.7 Å². The van der Waals surface area contributed by atoms with Gasteiger partial charge in [0.15, 0.2) is 0 Å². The maximum atomic E-state index is 12.6. The molecule has 0 radical (unpaired) electrons. The number of alkyl halides is 3. The number of nitrogens with zero attached hydrogens (tertiary/aromatic N) is 2. The topological polar surface area (TPSA) is 61.9 Å². The summed E-state index contributed by atoms with van der Waals surface area (Å²) in [6.45, 7) is 6.66. The number of nitrogens with one attached hydrogen (secondary N) is 1. The lowest BCUT2D eigenvalue weighted by atomic mass is 10.0. The summed E-state index contributed by atoms with van der Waals surface area (Å²) in [4.78, 5) is 27.9. The van der Waals surface area contributed by atoms with Crippen LogP contribution in [-0.2, 0) is 15.7 Å². The zero-order valence-electron chi connectivity index (χ0n) is 17.2. The van der Waals surface area contributed by atoms with Crippen LogP contribution in [0.1, 0.15) is 39.2 Å². The molecule has 6 nitrogen and oxygen atoms in total. The molecule has 162 valence electrons. The van der Waals surface area contributed by atoms with E-state index in [-0.39, 0.29) is 24.6 Å². The van der Waals surface area contributed by atoms with Gasteiger partial charge in [0.1, 0.15) is 5.60 Å². The van der Waals surface area contributed by atoms with Gasteiger partial charge in [-0.3, -0.25) is 9.69 Å². The Morgan fingerprint density at radius 1 is 1.14 bits per heavy atom. The van der Waals surface area contributed by atoms with Crippen molar-refractivity contribution in [3.63, 3.8) is 0 Å². The molecule has 2 rings (SSSR count). The summed E-state index contributed by atoms with van der Waals surface area (Å²) < 4.78 is 43.1. The Balaban J connectivity index is 1.79. The highest BCUT2D eigenvalue weighted by atomic mass is 19.4. The van der Waals surface area contributed by atoms with Gasteiger partial charge >= 0.3 is 12.3 Å². The number of amides is 2. The van der Waals surface area contributed by atoms with Crippen LogP contribution >= 0.6 is 0 Å². The average Bonchev–Trinajstić information content (AvgIpc) is 2.60. The Morgan fingerprint density at radius 3 is 2.17 bits per heavy atom. The van der Waals surface area contributed by atoms with Crippen molar-refractivity contribution >= 4 is 17.7 Å². The van der Waals surface area contributed by atoms with Crippen LogP contribution in [0, 0.1) is 0 Å². The van der Waals surface area contributed by atoms with Gasteiger partial charge in [-0.1, -0.05) is 0 Å². The molecule has 0 unspecified atom stereocenters. The SMILES string of the molecule is CN(CC(=O)Nc1ccc(C(F)(F)F)cc1)C1CCN(C(=O)OC(C)(C)C)CC1. The molecule has 0 aliphatic carbocycles. The van der Waals surface area contributed by atoms with Gasteiger partial charge in [-0.25, -0.2) is 4.79 Å². The van der Waals surface area contributed by atoms with E-state index in [0.717, 1.165) is 12.1 Å². The van der Waals surface area contributed by atoms with Crippen LogP contribution in [0.4, 0.5) is 23.7 Å². The Bertz CT molecular complexity index is 706. The highest BCUT2D eigenvalue weighted by Crippen LogP contribution is 2.29. The molecule has 1 aromatic carbocycles. The van der Waals surface area contributed by atoms with E-state index in [9.17, 15) is 22.8 Å². The third-order valence-corrected chi connectivity index (χ3v) is 4.63. The number of hydrogen-bond acceptors (Lipinski definition) is 4. The molecule has 0 aromatic heterocycles. The maximum absolute atomic E-state index is 12.6. The average molecular weight is 415 g/mol. The van der Waals surface area contributed by atoms with Crippen LogP contribution in [0.15, 0.2) is 24.3 Å². The van der Waals surface area contributed by atoms with Gasteiger partial charge in [-0.15, -0.1) is 0 Å². The van der Waals surface area contributed by atoms with Crippen LogP contribution in [0.5, 0.6) is 0 Å². The second-order valence-corrected chi connectivity index (χ2v) is 8.24. The van der Waals surface area contributed by atoms with Gasteiger partial charge < -0.3 is 15.0 Å². The van der Waals surface area contributed by atoms with E-state index in [1.165, 1.54) is 12.1 Å². The predicted molar refractivity (Wildman–Crippen MR) is 104 cm³/mol. The minimum absolute atomic E-state index is 0.109. The number of benzene rings is 1. The molecule has 0 atom stereocenters. The zero-order valence-corrected chi connectivity index (χ0v) is 17.2. The molecule has 9 heteroatoms. The fraction of sp³-hybridized carbons (Fsp3) is 0.600. The molecular weight excluding hydrogens is 387 g/mol. The molecule has 0 bridgehead atoms. The van der Waals surface area contributed by atoms with Gasteiger partial charge in [-0.05, 0) is 64.9 Å². The summed E-state index contributed by atoms with van der Waals surface area (Å²) in [6.07, 6.45) is -3.32. The minimum atomic E-state index is -4.41. The fourth-order valence-corrected chi connectivity index (χ4v) is 3.11.